The Labute approximate surface area is 199 Å². The summed E-state index contributed by atoms with van der Waals surface area (Å²) in [6.07, 6.45) is 0.500. The maximum absolute atomic E-state index is 8.12. The number of carbonyl (C=O) groups excluding carboxylic acids is 4. The van der Waals surface area contributed by atoms with Gasteiger partial charge in [0.1, 0.15) is 11.5 Å². The van der Waals surface area contributed by atoms with Crippen molar-refractivity contribution in [3.63, 3.8) is 0 Å². The Bertz CT molecular complexity index is 1100. The average Bonchev–Trinajstić information content (AvgIpc) is 3.34. The van der Waals surface area contributed by atoms with Crippen LogP contribution in [0.3, 0.4) is 0 Å². The van der Waals surface area contributed by atoms with E-state index in [1.54, 1.807) is 36.9 Å². The molecule has 2 aromatic heterocycles. The summed E-state index contributed by atoms with van der Waals surface area (Å²) in [5, 5.41) is 4.61. The first kappa shape index (κ1) is 30.5. The number of fused-ring (bicyclic) bond motifs is 2. The first-order valence-electron chi connectivity index (χ1n) is 8.08. The predicted molar refractivity (Wildman–Crippen MR) is 113 cm³/mol. The number of rotatable bonds is 2. The van der Waals surface area contributed by atoms with Gasteiger partial charge < -0.3 is 14.9 Å². The van der Waals surface area contributed by atoms with Crippen LogP contribution in [0.15, 0.2) is 53.9 Å². The summed E-state index contributed by atoms with van der Waals surface area (Å²) < 4.78 is 12.9. The van der Waals surface area contributed by atoms with Crippen LogP contribution in [0.5, 0.6) is 11.5 Å². The van der Waals surface area contributed by atoms with E-state index in [2.05, 4.69) is 36.6 Å². The zero-order valence-electron chi connectivity index (χ0n) is 17.4. The number of aryl methyl sites for hydroxylation is 1. The maximum atomic E-state index is 8.12. The molecule has 0 amide bonds. The molecule has 0 aliphatic carbocycles. The summed E-state index contributed by atoms with van der Waals surface area (Å²) in [5.41, 5.74) is 0. The van der Waals surface area contributed by atoms with Crippen LogP contribution in [0, 0.1) is 6.92 Å². The number of hydrogen-bond donors (Lipinski definition) is 0. The van der Waals surface area contributed by atoms with Crippen molar-refractivity contribution < 1.29 is 53.0 Å². The molecule has 2 aromatic carbocycles. The van der Waals surface area contributed by atoms with Crippen molar-refractivity contribution in [3.8, 4) is 11.5 Å². The molecule has 0 saturated heterocycles. The largest absolute Gasteiger partial charge is 1.00 e. The van der Waals surface area contributed by atoms with Crippen molar-refractivity contribution in [1.82, 2.24) is 0 Å². The van der Waals surface area contributed by atoms with Crippen LogP contribution in [0.4, 0.5) is 0 Å². The second kappa shape index (κ2) is 17.0. The molecule has 0 spiro atoms. The molecule has 0 fully saturated rings. The van der Waals surface area contributed by atoms with E-state index in [0.29, 0.717) is 0 Å². The second-order valence-corrected chi connectivity index (χ2v) is 7.37. The third-order valence-corrected chi connectivity index (χ3v) is 5.54. The Morgan fingerprint density at radius 3 is 1.77 bits per heavy atom. The van der Waals surface area contributed by atoms with Gasteiger partial charge in [-0.25, -0.2) is 0 Å². The summed E-state index contributed by atoms with van der Waals surface area (Å²) >= 11 is 3.49. The first-order chi connectivity index (χ1) is 14.1. The van der Waals surface area contributed by atoms with Crippen LogP contribution in [0.1, 0.15) is 4.88 Å². The minimum Gasteiger partial charge on any atom is -0.870 e. The van der Waals surface area contributed by atoms with E-state index < -0.39 is 0 Å². The minimum atomic E-state index is 0. The molecule has 31 heavy (non-hydrogen) atoms. The van der Waals surface area contributed by atoms with Crippen LogP contribution in [0.2, 0.25) is 0 Å². The zero-order chi connectivity index (χ0) is 21.6. The fraction of sp³-hybridized carbons (Fsp3) is 0.143. The molecule has 0 radical (unpaired) electrons. The van der Waals surface area contributed by atoms with Crippen LogP contribution < -0.4 is 28.3 Å². The zero-order valence-corrected chi connectivity index (χ0v) is 19.0. The normalized spacial score (nSPS) is 8.23. The molecular formula is C21H19LiO7S2. The Morgan fingerprint density at radius 2 is 1.26 bits per heavy atom. The number of methoxy groups -OCH3 is 2. The van der Waals surface area contributed by atoms with E-state index >= 15 is 0 Å². The molecule has 2 heterocycles. The van der Waals surface area contributed by atoms with Gasteiger partial charge in [-0.05, 0) is 47.3 Å². The van der Waals surface area contributed by atoms with E-state index in [-0.39, 0.29) is 36.6 Å². The van der Waals surface area contributed by atoms with Gasteiger partial charge in [0.15, 0.2) is 0 Å². The monoisotopic (exact) mass is 454 g/mol. The number of thiophene rings is 2. The fourth-order valence-electron chi connectivity index (χ4n) is 2.45. The Kier molecular flexibility index (Phi) is 16.7. The van der Waals surface area contributed by atoms with Gasteiger partial charge in [0, 0.05) is 4.88 Å². The summed E-state index contributed by atoms with van der Waals surface area (Å²) in [7, 11) is 3.42. The van der Waals surface area contributed by atoms with Gasteiger partial charge in [0.05, 0.1) is 23.6 Å². The minimum absolute atomic E-state index is 0. The maximum Gasteiger partial charge on any atom is 1.00 e. The summed E-state index contributed by atoms with van der Waals surface area (Å²) in [5.74, 6) is 1.95. The van der Waals surface area contributed by atoms with Crippen LogP contribution in [-0.2, 0) is 19.2 Å². The summed E-state index contributed by atoms with van der Waals surface area (Å²) in [6, 6.07) is 16.5. The molecule has 7 nitrogen and oxygen atoms in total. The molecule has 0 bridgehead atoms. The Hall–Kier alpha value is -2.72. The SMILES string of the molecule is COc1cccc2cc(C)sc12.COc1cccc2ccsc12.O=C=O.O=C=O.[Li+].[OH-]. The second-order valence-electron chi connectivity index (χ2n) is 5.20. The van der Waals surface area contributed by atoms with Crippen molar-refractivity contribution in [2.45, 2.75) is 6.92 Å². The number of benzene rings is 2. The molecule has 0 atom stereocenters. The van der Waals surface area contributed by atoms with E-state index in [1.165, 1.54) is 25.0 Å². The van der Waals surface area contributed by atoms with E-state index in [1.807, 2.05) is 24.3 Å². The molecular weight excluding hydrogens is 435 g/mol. The standard InChI is InChI=1S/C10H10OS.C9H8OS.2CO2.Li.H2O/c1-7-6-8-4-3-5-9(11-2)10(8)12-7;1-10-8-4-2-3-7-5-6-11-9(7)8;2*2-1-3;;/h3-6H,1-2H3;2-6H,1H3;;;;1H2/q;;;;+1;/p-1. The fourth-order valence-corrected chi connectivity index (χ4v) is 4.35. The molecule has 0 unspecified atom stereocenters. The smallest absolute Gasteiger partial charge is 0.870 e. The summed E-state index contributed by atoms with van der Waals surface area (Å²) in [6.45, 7) is 2.12. The predicted octanol–water partition coefficient (Wildman–Crippen LogP) is 1.79. The third-order valence-electron chi connectivity index (χ3n) is 3.51. The van der Waals surface area contributed by atoms with Crippen LogP contribution >= 0.6 is 22.7 Å². The van der Waals surface area contributed by atoms with Crippen LogP contribution in [-0.4, -0.2) is 32.0 Å². The Morgan fingerprint density at radius 1 is 0.774 bits per heavy atom. The topological polar surface area (TPSA) is 117 Å². The van der Waals surface area contributed by atoms with Gasteiger partial charge in [0.2, 0.25) is 0 Å². The Balaban J connectivity index is 0. The molecule has 158 valence electrons. The van der Waals surface area contributed by atoms with Gasteiger partial charge in [-0.3, -0.25) is 0 Å². The molecule has 0 aliphatic rings. The van der Waals surface area contributed by atoms with Crippen molar-refractivity contribution in [1.29, 1.82) is 0 Å². The van der Waals surface area contributed by atoms with Crippen molar-refractivity contribution in [2.24, 2.45) is 0 Å². The molecule has 4 rings (SSSR count). The number of ether oxygens (including phenoxy) is 2. The van der Waals surface area contributed by atoms with Crippen molar-refractivity contribution >= 4 is 55.1 Å². The molecule has 0 saturated carbocycles. The molecule has 1 N–H and O–H groups in total. The average molecular weight is 454 g/mol. The van der Waals surface area contributed by atoms with E-state index in [9.17, 15) is 0 Å². The van der Waals surface area contributed by atoms with Gasteiger partial charge >= 0.3 is 31.2 Å². The van der Waals surface area contributed by atoms with Gasteiger partial charge in [-0.15, -0.1) is 22.7 Å². The first-order valence-corrected chi connectivity index (χ1v) is 9.77. The van der Waals surface area contributed by atoms with E-state index in [0.717, 1.165) is 11.5 Å². The third kappa shape index (κ3) is 9.31. The van der Waals surface area contributed by atoms with Crippen molar-refractivity contribution in [2.75, 3.05) is 14.2 Å². The molecule has 10 heteroatoms. The van der Waals surface area contributed by atoms with E-state index in [4.69, 9.17) is 28.7 Å². The van der Waals surface area contributed by atoms with Crippen molar-refractivity contribution in [3.05, 3.63) is 58.8 Å². The molecule has 0 aliphatic heterocycles. The molecule has 4 aromatic rings. The van der Waals surface area contributed by atoms with Gasteiger partial charge in [-0.2, -0.15) is 19.2 Å². The quantitative estimate of drug-likeness (QED) is 0.424. The van der Waals surface area contributed by atoms with Crippen LogP contribution in [0.25, 0.3) is 20.2 Å². The number of hydrogen-bond acceptors (Lipinski definition) is 9. The van der Waals surface area contributed by atoms with Gasteiger partial charge in [-0.1, -0.05) is 24.3 Å². The van der Waals surface area contributed by atoms with Gasteiger partial charge in [0.25, 0.3) is 0 Å². The summed E-state index contributed by atoms with van der Waals surface area (Å²) in [4.78, 5) is 33.8.